The minimum absolute atomic E-state index is 0.0476. The van der Waals surface area contributed by atoms with Crippen molar-refractivity contribution >= 4 is 5.91 Å². The van der Waals surface area contributed by atoms with E-state index in [0.29, 0.717) is 12.3 Å². The van der Waals surface area contributed by atoms with Crippen LogP contribution in [0.1, 0.15) is 6.92 Å². The fourth-order valence-corrected chi connectivity index (χ4v) is 2.20. The van der Waals surface area contributed by atoms with Crippen molar-refractivity contribution in [1.29, 1.82) is 0 Å². The number of ether oxygens (including phenoxy) is 1. The van der Waals surface area contributed by atoms with Crippen LogP contribution < -0.4 is 10.1 Å². The van der Waals surface area contributed by atoms with Crippen molar-refractivity contribution in [2.24, 2.45) is 0 Å². The zero-order valence-electron chi connectivity index (χ0n) is 13.1. The molecule has 0 unspecified atom stereocenters. The number of nitrogens with one attached hydrogen (secondary N) is 1. The van der Waals surface area contributed by atoms with Crippen LogP contribution in [-0.4, -0.2) is 48.5 Å². The number of aromatic nitrogens is 6. The molecule has 0 bridgehead atoms. The van der Waals surface area contributed by atoms with Gasteiger partial charge >= 0.3 is 0 Å². The van der Waals surface area contributed by atoms with Crippen LogP contribution in [0.15, 0.2) is 49.1 Å². The second-order valence-corrected chi connectivity index (χ2v) is 5.24. The highest BCUT2D eigenvalue weighted by Crippen LogP contribution is 2.15. The molecule has 1 amide bonds. The lowest BCUT2D eigenvalue weighted by atomic mass is 10.3. The summed E-state index contributed by atoms with van der Waals surface area (Å²) < 4.78 is 8.80. The Morgan fingerprint density at radius 3 is 3.04 bits per heavy atom. The molecule has 0 radical (unpaired) electrons. The molecule has 9 heteroatoms. The van der Waals surface area contributed by atoms with E-state index in [4.69, 9.17) is 4.74 Å². The van der Waals surface area contributed by atoms with Gasteiger partial charge in [0.15, 0.2) is 6.61 Å². The number of amides is 1. The molecule has 0 aliphatic rings. The zero-order chi connectivity index (χ0) is 16.8. The van der Waals surface area contributed by atoms with E-state index >= 15 is 0 Å². The van der Waals surface area contributed by atoms with Gasteiger partial charge in [0.2, 0.25) is 0 Å². The highest BCUT2D eigenvalue weighted by Gasteiger charge is 2.09. The average Bonchev–Trinajstić information content (AvgIpc) is 3.26. The van der Waals surface area contributed by atoms with Gasteiger partial charge in [-0.3, -0.25) is 9.48 Å². The van der Waals surface area contributed by atoms with E-state index in [0.717, 1.165) is 5.69 Å². The first-order chi connectivity index (χ1) is 11.7. The summed E-state index contributed by atoms with van der Waals surface area (Å²) in [6, 6.07) is 8.98. The maximum absolute atomic E-state index is 12.0. The Balaban J connectivity index is 1.50. The number of rotatable bonds is 7. The van der Waals surface area contributed by atoms with Gasteiger partial charge in [0.05, 0.1) is 12.2 Å². The molecule has 0 aliphatic heterocycles. The van der Waals surface area contributed by atoms with Gasteiger partial charge in [-0.15, -0.1) is 5.10 Å². The van der Waals surface area contributed by atoms with Gasteiger partial charge in [-0.2, -0.15) is 5.10 Å². The van der Waals surface area contributed by atoms with Crippen molar-refractivity contribution in [2.75, 3.05) is 6.61 Å². The Hall–Kier alpha value is -3.23. The van der Waals surface area contributed by atoms with Crippen molar-refractivity contribution in [1.82, 2.24) is 35.3 Å². The molecule has 0 aliphatic carbocycles. The average molecular weight is 327 g/mol. The lowest BCUT2D eigenvalue weighted by Crippen LogP contribution is -2.38. The molecule has 2 heterocycles. The third-order valence-electron chi connectivity index (χ3n) is 3.23. The van der Waals surface area contributed by atoms with Crippen LogP contribution in [0.2, 0.25) is 0 Å². The molecule has 3 aromatic rings. The van der Waals surface area contributed by atoms with E-state index in [1.54, 1.807) is 23.0 Å². The number of nitrogens with zero attached hydrogens (tertiary/aromatic N) is 6. The summed E-state index contributed by atoms with van der Waals surface area (Å²) in [5.41, 5.74) is 0.755. The number of tetrazole rings is 1. The fraction of sp³-hybridized carbons (Fsp3) is 0.267. The number of carbonyl (C=O) groups excluding carboxylic acids is 1. The van der Waals surface area contributed by atoms with E-state index in [9.17, 15) is 4.79 Å². The number of benzene rings is 1. The maximum Gasteiger partial charge on any atom is 0.258 e. The van der Waals surface area contributed by atoms with Crippen LogP contribution in [0.5, 0.6) is 5.75 Å². The van der Waals surface area contributed by atoms with Crippen LogP contribution in [0.3, 0.4) is 0 Å². The van der Waals surface area contributed by atoms with Gasteiger partial charge < -0.3 is 10.1 Å². The van der Waals surface area contributed by atoms with Gasteiger partial charge in [0.1, 0.15) is 12.1 Å². The molecule has 124 valence electrons. The van der Waals surface area contributed by atoms with E-state index in [1.165, 1.54) is 11.0 Å². The second kappa shape index (κ2) is 7.36. The Morgan fingerprint density at radius 2 is 2.29 bits per heavy atom. The van der Waals surface area contributed by atoms with Gasteiger partial charge in [-0.25, -0.2) is 4.68 Å². The summed E-state index contributed by atoms with van der Waals surface area (Å²) in [7, 11) is 0. The van der Waals surface area contributed by atoms with Crippen molar-refractivity contribution in [3.05, 3.63) is 49.1 Å². The van der Waals surface area contributed by atoms with E-state index in [1.807, 2.05) is 31.3 Å². The Labute approximate surface area is 138 Å². The Bertz CT molecular complexity index is 771. The van der Waals surface area contributed by atoms with Gasteiger partial charge in [-0.05, 0) is 35.5 Å². The van der Waals surface area contributed by atoms with Gasteiger partial charge in [0, 0.05) is 24.5 Å². The SMILES string of the molecule is C[C@H](Cn1cccn1)NC(=O)COc1cccc(-n2cnnn2)c1. The summed E-state index contributed by atoms with van der Waals surface area (Å²) in [5.74, 6) is 0.375. The largest absolute Gasteiger partial charge is 0.484 e. The highest BCUT2D eigenvalue weighted by molar-refractivity contribution is 5.77. The molecule has 2 aromatic heterocycles. The molecule has 24 heavy (non-hydrogen) atoms. The minimum atomic E-state index is -0.192. The van der Waals surface area contributed by atoms with E-state index < -0.39 is 0 Å². The topological polar surface area (TPSA) is 99.8 Å². The predicted octanol–water partition coefficient (Wildman–Crippen LogP) is 0.442. The standard InChI is InChI=1S/C15H17N7O2/c1-12(9-21-7-3-6-17-21)18-15(23)10-24-14-5-2-4-13(8-14)22-11-16-19-20-22/h2-8,11-12H,9-10H2,1H3,(H,18,23)/t12-/m1/s1. The molecular formula is C15H17N7O2. The van der Waals surface area contributed by atoms with Crippen LogP contribution in [0.4, 0.5) is 0 Å². The smallest absolute Gasteiger partial charge is 0.258 e. The first kappa shape index (κ1) is 15.7. The zero-order valence-corrected chi connectivity index (χ0v) is 13.1. The quantitative estimate of drug-likeness (QED) is 0.676. The maximum atomic E-state index is 12.0. The summed E-state index contributed by atoms with van der Waals surface area (Å²) >= 11 is 0. The first-order valence-corrected chi connectivity index (χ1v) is 7.44. The van der Waals surface area contributed by atoms with Crippen molar-refractivity contribution < 1.29 is 9.53 Å². The molecule has 1 N–H and O–H groups in total. The monoisotopic (exact) mass is 327 g/mol. The summed E-state index contributed by atoms with van der Waals surface area (Å²) in [6.45, 7) is 2.45. The van der Waals surface area contributed by atoms with Gasteiger partial charge in [0.25, 0.3) is 5.91 Å². The van der Waals surface area contributed by atoms with Crippen LogP contribution in [-0.2, 0) is 11.3 Å². The number of carbonyl (C=O) groups is 1. The second-order valence-electron chi connectivity index (χ2n) is 5.24. The molecule has 0 saturated carbocycles. The summed E-state index contributed by atoms with van der Waals surface area (Å²) in [6.07, 6.45) is 5.04. The molecule has 1 aromatic carbocycles. The molecule has 0 saturated heterocycles. The molecule has 9 nitrogen and oxygen atoms in total. The fourth-order valence-electron chi connectivity index (χ4n) is 2.20. The molecule has 1 atom stereocenters. The molecular weight excluding hydrogens is 310 g/mol. The van der Waals surface area contributed by atoms with Crippen LogP contribution in [0, 0.1) is 0 Å². The van der Waals surface area contributed by atoms with Crippen LogP contribution >= 0.6 is 0 Å². The van der Waals surface area contributed by atoms with E-state index in [-0.39, 0.29) is 18.6 Å². The van der Waals surface area contributed by atoms with Crippen molar-refractivity contribution in [3.63, 3.8) is 0 Å². The Kier molecular flexibility index (Phi) is 4.80. The molecule has 0 spiro atoms. The lowest BCUT2D eigenvalue weighted by molar-refractivity contribution is -0.123. The summed E-state index contributed by atoms with van der Waals surface area (Å²) in [4.78, 5) is 12.0. The lowest BCUT2D eigenvalue weighted by Gasteiger charge is -2.14. The van der Waals surface area contributed by atoms with E-state index in [2.05, 4.69) is 25.9 Å². The third kappa shape index (κ3) is 4.15. The molecule has 3 rings (SSSR count). The number of hydrogen-bond donors (Lipinski definition) is 1. The van der Waals surface area contributed by atoms with Crippen LogP contribution in [0.25, 0.3) is 5.69 Å². The summed E-state index contributed by atoms with van der Waals surface area (Å²) in [5, 5.41) is 18.0. The first-order valence-electron chi connectivity index (χ1n) is 7.44. The third-order valence-corrected chi connectivity index (χ3v) is 3.23. The Morgan fingerprint density at radius 1 is 1.38 bits per heavy atom. The minimum Gasteiger partial charge on any atom is -0.484 e. The normalized spacial score (nSPS) is 11.9. The van der Waals surface area contributed by atoms with Crippen molar-refractivity contribution in [2.45, 2.75) is 19.5 Å². The van der Waals surface area contributed by atoms with Gasteiger partial charge in [-0.1, -0.05) is 6.07 Å². The predicted molar refractivity (Wildman–Crippen MR) is 84.5 cm³/mol. The molecule has 0 fully saturated rings. The van der Waals surface area contributed by atoms with Crippen molar-refractivity contribution in [3.8, 4) is 11.4 Å². The number of hydrogen-bond acceptors (Lipinski definition) is 6. The highest BCUT2D eigenvalue weighted by atomic mass is 16.5.